The van der Waals surface area contributed by atoms with Crippen molar-refractivity contribution in [2.24, 2.45) is 0 Å². The topological polar surface area (TPSA) is 48.4 Å². The second-order valence-corrected chi connectivity index (χ2v) is 5.73. The van der Waals surface area contributed by atoms with Crippen LogP contribution in [0.5, 0.6) is 5.75 Å². The molecule has 0 radical (unpaired) electrons. The zero-order valence-electron chi connectivity index (χ0n) is 11.5. The minimum Gasteiger partial charge on any atom is -0.497 e. The third kappa shape index (κ3) is 2.56. The molecule has 5 heteroatoms. The van der Waals surface area contributed by atoms with E-state index in [1.807, 2.05) is 32.0 Å². The average Bonchev–Trinajstić information content (AvgIpc) is 2.82. The molecular formula is C14H17NO3S. The van der Waals surface area contributed by atoms with Gasteiger partial charge in [-0.3, -0.25) is 4.79 Å². The lowest BCUT2D eigenvalue weighted by atomic mass is 9.95. The summed E-state index contributed by atoms with van der Waals surface area (Å²) in [5.74, 6) is 0.540. The molecule has 2 rings (SSSR count). The molecule has 0 bridgehead atoms. The summed E-state index contributed by atoms with van der Waals surface area (Å²) < 4.78 is 11.3. The zero-order chi connectivity index (χ0) is 14.0. The summed E-state index contributed by atoms with van der Waals surface area (Å²) in [6.07, 6.45) is 0. The monoisotopic (exact) mass is 279 g/mol. The highest BCUT2D eigenvalue weighted by Gasteiger charge is 2.34. The smallest absolute Gasteiger partial charge is 0.318 e. The molecule has 0 unspecified atom stereocenters. The highest BCUT2D eigenvalue weighted by molar-refractivity contribution is 7.18. The molecule has 0 saturated heterocycles. The maximum Gasteiger partial charge on any atom is 0.318 e. The molecule has 0 fully saturated rings. The molecule has 0 N–H and O–H groups in total. The second-order valence-electron chi connectivity index (χ2n) is 4.70. The maximum absolute atomic E-state index is 12.0. The van der Waals surface area contributed by atoms with Crippen LogP contribution in [0.25, 0.3) is 10.2 Å². The summed E-state index contributed by atoms with van der Waals surface area (Å²) in [6, 6.07) is 5.69. The number of rotatable bonds is 4. The van der Waals surface area contributed by atoms with Crippen LogP contribution in [0.1, 0.15) is 25.8 Å². The van der Waals surface area contributed by atoms with E-state index in [4.69, 9.17) is 9.47 Å². The van der Waals surface area contributed by atoms with Gasteiger partial charge in [-0.2, -0.15) is 0 Å². The number of methoxy groups -OCH3 is 1. The fraction of sp³-hybridized carbons (Fsp3) is 0.429. The minimum absolute atomic E-state index is 0.249. The highest BCUT2D eigenvalue weighted by atomic mass is 32.1. The van der Waals surface area contributed by atoms with E-state index in [2.05, 4.69) is 4.98 Å². The lowest BCUT2D eigenvalue weighted by molar-refractivity contribution is -0.148. The molecule has 0 aliphatic rings. The van der Waals surface area contributed by atoms with E-state index in [-0.39, 0.29) is 5.97 Å². The first kappa shape index (κ1) is 13.8. The van der Waals surface area contributed by atoms with Crippen LogP contribution in [0.4, 0.5) is 0 Å². The van der Waals surface area contributed by atoms with Crippen molar-refractivity contribution in [3.8, 4) is 5.75 Å². The van der Waals surface area contributed by atoms with Gasteiger partial charge in [-0.15, -0.1) is 11.3 Å². The van der Waals surface area contributed by atoms with E-state index in [1.165, 1.54) is 11.3 Å². The van der Waals surface area contributed by atoms with Gasteiger partial charge in [0, 0.05) is 0 Å². The van der Waals surface area contributed by atoms with Crippen LogP contribution < -0.4 is 4.74 Å². The van der Waals surface area contributed by atoms with Crippen molar-refractivity contribution < 1.29 is 14.3 Å². The van der Waals surface area contributed by atoms with Gasteiger partial charge in [0.25, 0.3) is 0 Å². The Hall–Kier alpha value is -1.62. The van der Waals surface area contributed by atoms with Crippen LogP contribution in [0.2, 0.25) is 0 Å². The number of thiazole rings is 1. The summed E-state index contributed by atoms with van der Waals surface area (Å²) in [5.41, 5.74) is 0.144. The van der Waals surface area contributed by atoms with Gasteiger partial charge in [0.1, 0.15) is 16.2 Å². The van der Waals surface area contributed by atoms with Gasteiger partial charge < -0.3 is 9.47 Å². The Morgan fingerprint density at radius 2 is 2.16 bits per heavy atom. The zero-order valence-corrected chi connectivity index (χ0v) is 12.3. The number of nitrogens with zero attached hydrogens (tertiary/aromatic N) is 1. The molecule has 2 aromatic rings. The number of benzene rings is 1. The summed E-state index contributed by atoms with van der Waals surface area (Å²) in [6.45, 7) is 5.85. The van der Waals surface area contributed by atoms with Crippen molar-refractivity contribution >= 4 is 27.5 Å². The molecule has 19 heavy (non-hydrogen) atoms. The van der Waals surface area contributed by atoms with E-state index in [9.17, 15) is 4.79 Å². The molecule has 0 saturated carbocycles. The molecule has 0 amide bonds. The molecule has 1 aromatic heterocycles. The van der Waals surface area contributed by atoms with Crippen molar-refractivity contribution in [1.82, 2.24) is 4.98 Å². The van der Waals surface area contributed by atoms with Crippen LogP contribution in [0.15, 0.2) is 18.2 Å². The van der Waals surface area contributed by atoms with Gasteiger partial charge in [-0.05, 0) is 39.0 Å². The molecule has 1 heterocycles. The normalized spacial score (nSPS) is 11.6. The Labute approximate surface area is 116 Å². The van der Waals surface area contributed by atoms with E-state index in [1.54, 1.807) is 14.0 Å². The Kier molecular flexibility index (Phi) is 3.75. The van der Waals surface area contributed by atoms with Gasteiger partial charge in [-0.25, -0.2) is 4.98 Å². The van der Waals surface area contributed by atoms with Crippen LogP contribution in [-0.4, -0.2) is 24.7 Å². The summed E-state index contributed by atoms with van der Waals surface area (Å²) in [7, 11) is 1.63. The lowest BCUT2D eigenvalue weighted by Gasteiger charge is -2.19. The van der Waals surface area contributed by atoms with Crippen molar-refractivity contribution in [1.29, 1.82) is 0 Å². The van der Waals surface area contributed by atoms with Crippen LogP contribution in [0.3, 0.4) is 0 Å². The van der Waals surface area contributed by atoms with Gasteiger partial charge in [0.15, 0.2) is 0 Å². The van der Waals surface area contributed by atoms with Gasteiger partial charge in [0.2, 0.25) is 0 Å². The lowest BCUT2D eigenvalue weighted by Crippen LogP contribution is -2.30. The predicted octanol–water partition coefficient (Wildman–Crippen LogP) is 3.15. The Bertz CT molecular complexity index is 604. The minimum atomic E-state index is -0.729. The van der Waals surface area contributed by atoms with E-state index < -0.39 is 5.41 Å². The number of aromatic nitrogens is 1. The summed E-state index contributed by atoms with van der Waals surface area (Å²) >= 11 is 1.50. The second kappa shape index (κ2) is 5.17. The summed E-state index contributed by atoms with van der Waals surface area (Å²) in [5, 5.41) is 0.759. The Morgan fingerprint density at radius 1 is 1.42 bits per heavy atom. The number of carbonyl (C=O) groups excluding carboxylic acids is 1. The predicted molar refractivity (Wildman–Crippen MR) is 75.8 cm³/mol. The van der Waals surface area contributed by atoms with E-state index >= 15 is 0 Å². The van der Waals surface area contributed by atoms with Crippen LogP contribution in [0, 0.1) is 0 Å². The molecule has 0 spiro atoms. The largest absolute Gasteiger partial charge is 0.497 e. The van der Waals surface area contributed by atoms with Gasteiger partial charge in [0.05, 0.1) is 23.9 Å². The molecule has 1 aromatic carbocycles. The molecule has 0 aliphatic heterocycles. The summed E-state index contributed by atoms with van der Waals surface area (Å²) in [4.78, 5) is 16.5. The third-order valence-corrected chi connectivity index (χ3v) is 4.26. The number of hydrogen-bond donors (Lipinski definition) is 0. The quantitative estimate of drug-likeness (QED) is 0.807. The fourth-order valence-electron chi connectivity index (χ4n) is 1.70. The van der Waals surface area contributed by atoms with Crippen LogP contribution >= 0.6 is 11.3 Å². The van der Waals surface area contributed by atoms with Gasteiger partial charge >= 0.3 is 5.97 Å². The first-order valence-electron chi connectivity index (χ1n) is 6.11. The van der Waals surface area contributed by atoms with Crippen molar-refractivity contribution in [2.75, 3.05) is 13.7 Å². The number of ether oxygens (including phenoxy) is 2. The molecule has 102 valence electrons. The maximum atomic E-state index is 12.0. The van der Waals surface area contributed by atoms with Crippen LogP contribution in [-0.2, 0) is 14.9 Å². The first-order valence-corrected chi connectivity index (χ1v) is 6.93. The SMILES string of the molecule is CCOC(=O)C(C)(C)c1nc2ccc(OC)cc2s1. The third-order valence-electron chi connectivity index (χ3n) is 2.92. The van der Waals surface area contributed by atoms with E-state index in [0.29, 0.717) is 6.61 Å². The van der Waals surface area contributed by atoms with Crippen molar-refractivity contribution in [3.05, 3.63) is 23.2 Å². The van der Waals surface area contributed by atoms with E-state index in [0.717, 1.165) is 21.0 Å². The highest BCUT2D eigenvalue weighted by Crippen LogP contribution is 2.34. The van der Waals surface area contributed by atoms with Gasteiger partial charge in [-0.1, -0.05) is 0 Å². The molecule has 4 nitrogen and oxygen atoms in total. The number of hydrogen-bond acceptors (Lipinski definition) is 5. The first-order chi connectivity index (χ1) is 8.98. The standard InChI is InChI=1S/C14H17NO3S/c1-5-18-13(16)14(2,3)12-15-10-7-6-9(17-4)8-11(10)19-12/h6-8H,5H2,1-4H3. The Balaban J connectivity index is 2.42. The average molecular weight is 279 g/mol. The molecule has 0 atom stereocenters. The number of esters is 1. The number of carbonyl (C=O) groups is 1. The van der Waals surface area contributed by atoms with Crippen molar-refractivity contribution in [2.45, 2.75) is 26.2 Å². The van der Waals surface area contributed by atoms with Crippen molar-refractivity contribution in [3.63, 3.8) is 0 Å². The Morgan fingerprint density at radius 3 is 2.79 bits per heavy atom. The fourth-order valence-corrected chi connectivity index (χ4v) is 2.78. The molecule has 0 aliphatic carbocycles. The number of fused-ring (bicyclic) bond motifs is 1. The molecular weight excluding hydrogens is 262 g/mol.